The number of benzene rings is 1. The van der Waals surface area contributed by atoms with Crippen LogP contribution in [0, 0.1) is 23.5 Å². The Hall–Kier alpha value is -2.82. The molecule has 6 atom stereocenters. The lowest BCUT2D eigenvalue weighted by molar-refractivity contribution is 0.0521. The lowest BCUT2D eigenvalue weighted by Crippen LogP contribution is -2.64. The molecular formula is C27H34F2N6O2. The van der Waals surface area contributed by atoms with Crippen molar-refractivity contribution >= 4 is 6.03 Å². The van der Waals surface area contributed by atoms with E-state index in [0.717, 1.165) is 50.4 Å². The van der Waals surface area contributed by atoms with Crippen molar-refractivity contribution in [2.45, 2.75) is 56.4 Å². The molecule has 2 aromatic rings. The maximum absolute atomic E-state index is 14.2. The van der Waals surface area contributed by atoms with Crippen LogP contribution in [0.3, 0.4) is 0 Å². The van der Waals surface area contributed by atoms with E-state index < -0.39 is 11.6 Å². The van der Waals surface area contributed by atoms with Crippen molar-refractivity contribution in [2.75, 3.05) is 26.7 Å². The number of urea groups is 1. The zero-order valence-electron chi connectivity index (χ0n) is 21.0. The number of hydrogen-bond acceptors (Lipinski definition) is 6. The molecule has 1 aliphatic carbocycles. The minimum atomic E-state index is -0.565. The van der Waals surface area contributed by atoms with Crippen molar-refractivity contribution in [3.8, 4) is 5.88 Å². The Labute approximate surface area is 215 Å². The van der Waals surface area contributed by atoms with Gasteiger partial charge in [0.1, 0.15) is 11.6 Å². The highest BCUT2D eigenvalue weighted by atomic mass is 19.1. The first kappa shape index (κ1) is 24.5. The summed E-state index contributed by atoms with van der Waals surface area (Å²) in [6, 6.07) is 8.45. The summed E-state index contributed by atoms with van der Waals surface area (Å²) < 4.78 is 32.9. The van der Waals surface area contributed by atoms with Crippen LogP contribution in [-0.2, 0) is 6.54 Å². The summed E-state index contributed by atoms with van der Waals surface area (Å²) in [6.45, 7) is 2.68. The molecule has 2 amide bonds. The third-order valence-electron chi connectivity index (χ3n) is 8.68. The van der Waals surface area contributed by atoms with Gasteiger partial charge in [0.05, 0.1) is 13.2 Å². The SMILES string of the molecule is COc1cc(C2NNC3CC4NC(=O)N([C@@H]5CCCN(Cc6ccc(F)cc6F)C5)CC4CC32)ccn1. The van der Waals surface area contributed by atoms with Crippen LogP contribution >= 0.6 is 0 Å². The Balaban J connectivity index is 1.13. The topological polar surface area (TPSA) is 81.8 Å². The quantitative estimate of drug-likeness (QED) is 0.572. The number of methoxy groups -OCH3 is 1. The first-order valence-corrected chi connectivity index (χ1v) is 13.2. The average Bonchev–Trinajstić information content (AvgIpc) is 3.31. The van der Waals surface area contributed by atoms with Crippen LogP contribution < -0.4 is 20.9 Å². The number of piperidine rings is 1. The van der Waals surface area contributed by atoms with Gasteiger partial charge in [0.2, 0.25) is 5.88 Å². The van der Waals surface area contributed by atoms with E-state index in [1.165, 1.54) is 12.1 Å². The zero-order valence-corrected chi connectivity index (χ0v) is 21.0. The van der Waals surface area contributed by atoms with E-state index in [2.05, 4.69) is 26.1 Å². The number of halogens is 2. The Kier molecular flexibility index (Phi) is 6.73. The van der Waals surface area contributed by atoms with Crippen LogP contribution in [-0.4, -0.2) is 65.7 Å². The second-order valence-electron chi connectivity index (χ2n) is 10.9. The van der Waals surface area contributed by atoms with Gasteiger partial charge in [-0.15, -0.1) is 0 Å². The molecule has 1 saturated carbocycles. The Bertz CT molecular complexity index is 1150. The lowest BCUT2D eigenvalue weighted by atomic mass is 9.71. The number of carbonyl (C=O) groups excluding carboxylic acids is 1. The number of ether oxygens (including phenoxy) is 1. The molecule has 1 aromatic heterocycles. The second kappa shape index (κ2) is 10.2. The van der Waals surface area contributed by atoms with E-state index in [4.69, 9.17) is 4.74 Å². The molecule has 1 aromatic carbocycles. The summed E-state index contributed by atoms with van der Waals surface area (Å²) in [7, 11) is 1.63. The standard InChI is InChI=1S/C27H34F2N6O2/c1-37-25-10-16(6-7-30-25)26-21-9-18-14-35(27(36)31-23(18)12-24(21)32-33-26)20-3-2-8-34(15-20)13-17-4-5-19(28)11-22(17)29/h4-7,10-11,18,20-21,23-24,26,32-33H,2-3,8-9,12-15H2,1H3,(H,31,36)/t18?,20-,21?,23?,24?,26?/m1/s1. The van der Waals surface area contributed by atoms with E-state index in [1.54, 1.807) is 13.3 Å². The molecule has 3 aliphatic heterocycles. The number of fused-ring (bicyclic) bond motifs is 2. The van der Waals surface area contributed by atoms with Crippen molar-refractivity contribution < 1.29 is 18.3 Å². The van der Waals surface area contributed by atoms with Gasteiger partial charge in [-0.1, -0.05) is 6.07 Å². The number of aromatic nitrogens is 1. The maximum Gasteiger partial charge on any atom is 0.317 e. The number of amides is 2. The van der Waals surface area contributed by atoms with Crippen molar-refractivity contribution in [1.82, 2.24) is 31.0 Å². The fraction of sp³-hybridized carbons (Fsp3) is 0.556. The van der Waals surface area contributed by atoms with Crippen molar-refractivity contribution in [3.63, 3.8) is 0 Å². The molecular weight excluding hydrogens is 478 g/mol. The number of carbonyl (C=O) groups is 1. The van der Waals surface area contributed by atoms with Crippen LogP contribution in [0.25, 0.3) is 0 Å². The summed E-state index contributed by atoms with van der Waals surface area (Å²) in [5.74, 6) is 0.281. The maximum atomic E-state index is 14.2. The van der Waals surface area contributed by atoms with Crippen molar-refractivity contribution in [3.05, 3.63) is 59.3 Å². The number of nitrogens with zero attached hydrogens (tertiary/aromatic N) is 3. The summed E-state index contributed by atoms with van der Waals surface area (Å²) in [6.07, 6.45) is 5.54. The average molecular weight is 513 g/mol. The summed E-state index contributed by atoms with van der Waals surface area (Å²) in [4.78, 5) is 21.6. The predicted octanol–water partition coefficient (Wildman–Crippen LogP) is 2.97. The molecule has 0 radical (unpaired) electrons. The van der Waals surface area contributed by atoms with E-state index in [-0.39, 0.29) is 30.2 Å². The molecule has 6 rings (SSSR count). The van der Waals surface area contributed by atoms with Gasteiger partial charge in [-0.3, -0.25) is 10.3 Å². The van der Waals surface area contributed by atoms with Crippen LogP contribution in [0.2, 0.25) is 0 Å². The lowest BCUT2D eigenvalue weighted by Gasteiger charge is -2.49. The van der Waals surface area contributed by atoms with Gasteiger partial charge in [0, 0.05) is 61.7 Å². The first-order valence-electron chi connectivity index (χ1n) is 13.2. The Morgan fingerprint density at radius 2 is 2.00 bits per heavy atom. The zero-order chi connectivity index (χ0) is 25.5. The molecule has 0 bridgehead atoms. The molecule has 4 aliphatic rings. The van der Waals surface area contributed by atoms with Gasteiger partial charge in [0.25, 0.3) is 0 Å². The number of rotatable bonds is 5. The molecule has 8 nitrogen and oxygen atoms in total. The van der Waals surface area contributed by atoms with Gasteiger partial charge in [0.15, 0.2) is 0 Å². The van der Waals surface area contributed by atoms with Crippen molar-refractivity contribution in [1.29, 1.82) is 0 Å². The van der Waals surface area contributed by atoms with Gasteiger partial charge in [-0.05, 0) is 61.8 Å². The minimum absolute atomic E-state index is 0.000823. The van der Waals surface area contributed by atoms with E-state index in [1.807, 2.05) is 17.0 Å². The third-order valence-corrected chi connectivity index (χ3v) is 8.68. The second-order valence-corrected chi connectivity index (χ2v) is 10.9. The molecule has 37 heavy (non-hydrogen) atoms. The number of nitrogens with one attached hydrogen (secondary N) is 3. The highest BCUT2D eigenvalue weighted by Gasteiger charge is 2.48. The first-order chi connectivity index (χ1) is 18.0. The highest BCUT2D eigenvalue weighted by molar-refractivity contribution is 5.76. The molecule has 4 fully saturated rings. The molecule has 198 valence electrons. The van der Waals surface area contributed by atoms with Crippen LogP contribution in [0.4, 0.5) is 13.6 Å². The molecule has 4 heterocycles. The number of hydrogen-bond donors (Lipinski definition) is 3. The fourth-order valence-corrected chi connectivity index (χ4v) is 6.81. The normalized spacial score (nSPS) is 32.0. The third kappa shape index (κ3) is 4.89. The molecule has 10 heteroatoms. The van der Waals surface area contributed by atoms with E-state index in [9.17, 15) is 13.6 Å². The van der Waals surface area contributed by atoms with Gasteiger partial charge < -0.3 is 15.0 Å². The summed E-state index contributed by atoms with van der Waals surface area (Å²) in [5.41, 5.74) is 8.59. The van der Waals surface area contributed by atoms with Crippen molar-refractivity contribution in [2.24, 2.45) is 11.8 Å². The van der Waals surface area contributed by atoms with E-state index >= 15 is 0 Å². The smallest absolute Gasteiger partial charge is 0.317 e. The monoisotopic (exact) mass is 512 g/mol. The predicted molar refractivity (Wildman–Crippen MR) is 133 cm³/mol. The summed E-state index contributed by atoms with van der Waals surface area (Å²) in [5, 5.41) is 3.30. The largest absolute Gasteiger partial charge is 0.481 e. The summed E-state index contributed by atoms with van der Waals surface area (Å²) >= 11 is 0. The number of hydrazine groups is 1. The number of likely N-dealkylation sites (tertiary alicyclic amines) is 1. The molecule has 3 N–H and O–H groups in total. The van der Waals surface area contributed by atoms with Gasteiger partial charge in [-0.2, -0.15) is 0 Å². The van der Waals surface area contributed by atoms with Gasteiger partial charge >= 0.3 is 6.03 Å². The highest BCUT2D eigenvalue weighted by Crippen LogP contribution is 2.42. The molecule has 0 spiro atoms. The Morgan fingerprint density at radius 3 is 2.84 bits per heavy atom. The van der Waals surface area contributed by atoms with E-state index in [0.29, 0.717) is 36.4 Å². The Morgan fingerprint density at radius 1 is 1.11 bits per heavy atom. The molecule has 3 saturated heterocycles. The minimum Gasteiger partial charge on any atom is -0.481 e. The van der Waals surface area contributed by atoms with Crippen LogP contribution in [0.15, 0.2) is 36.5 Å². The van der Waals surface area contributed by atoms with Gasteiger partial charge in [-0.25, -0.2) is 24.0 Å². The van der Waals surface area contributed by atoms with Crippen LogP contribution in [0.1, 0.15) is 42.9 Å². The molecule has 5 unspecified atom stereocenters. The number of pyridine rings is 1. The van der Waals surface area contributed by atoms with Crippen LogP contribution in [0.5, 0.6) is 5.88 Å². The fourth-order valence-electron chi connectivity index (χ4n) is 6.81.